The topological polar surface area (TPSA) is 58.6 Å². The Morgan fingerprint density at radius 3 is 2.71 bits per heavy atom. The summed E-state index contributed by atoms with van der Waals surface area (Å²) in [6, 6.07) is 7.68. The van der Waals surface area contributed by atoms with E-state index in [2.05, 4.69) is 21.8 Å². The van der Waals surface area contributed by atoms with Gasteiger partial charge < -0.3 is 9.64 Å². The Labute approximate surface area is 142 Å². The molecule has 1 fully saturated rings. The number of aromatic nitrogens is 2. The summed E-state index contributed by atoms with van der Waals surface area (Å²) in [7, 11) is 1.84. The highest BCUT2D eigenvalue weighted by atomic mass is 16.5. The smallest absolute Gasteiger partial charge is 0.240 e. The van der Waals surface area contributed by atoms with Gasteiger partial charge >= 0.3 is 0 Å². The molecule has 0 aliphatic carbocycles. The quantitative estimate of drug-likeness (QED) is 0.836. The number of fused-ring (bicyclic) bond motifs is 1. The molecule has 0 N–H and O–H groups in total. The molecule has 6 heteroatoms. The molecule has 128 valence electrons. The van der Waals surface area contributed by atoms with E-state index in [0.29, 0.717) is 19.8 Å². The van der Waals surface area contributed by atoms with Crippen molar-refractivity contribution in [2.24, 2.45) is 0 Å². The number of benzene rings is 1. The number of carbonyl (C=O) groups excluding carboxylic acids is 1. The van der Waals surface area contributed by atoms with E-state index in [1.165, 1.54) is 0 Å². The van der Waals surface area contributed by atoms with Crippen molar-refractivity contribution < 1.29 is 9.53 Å². The van der Waals surface area contributed by atoms with Crippen LogP contribution in [-0.4, -0.2) is 65.1 Å². The zero-order valence-corrected chi connectivity index (χ0v) is 14.3. The Hall–Kier alpha value is -2.05. The van der Waals surface area contributed by atoms with Gasteiger partial charge in [0.2, 0.25) is 5.91 Å². The van der Waals surface area contributed by atoms with Crippen molar-refractivity contribution in [2.45, 2.75) is 25.9 Å². The predicted octanol–water partition coefficient (Wildman–Crippen LogP) is 1.70. The Morgan fingerprint density at radius 1 is 1.29 bits per heavy atom. The first kappa shape index (κ1) is 16.8. The number of hydrogen-bond donors (Lipinski definition) is 0. The summed E-state index contributed by atoms with van der Waals surface area (Å²) in [5, 5.41) is 0. The second-order valence-electron chi connectivity index (χ2n) is 6.12. The van der Waals surface area contributed by atoms with Gasteiger partial charge in [0.05, 0.1) is 48.7 Å². The third kappa shape index (κ3) is 3.71. The maximum Gasteiger partial charge on any atom is 0.240 e. The number of morpholine rings is 1. The second kappa shape index (κ2) is 7.68. The summed E-state index contributed by atoms with van der Waals surface area (Å²) in [5.74, 6) is 0.134. The molecule has 2 aromatic rings. The first-order valence-electron chi connectivity index (χ1n) is 8.46. The standard InChI is InChI=1S/C18H24N4O2/c1-3-17(22-8-10-24-11-9-22)18(23)21(2)13-14-12-19-15-6-4-5-7-16(15)20-14/h4-7,12,17H,3,8-11,13H2,1-2H3. The minimum Gasteiger partial charge on any atom is -0.379 e. The number of amides is 1. The van der Waals surface area contributed by atoms with Crippen LogP contribution in [0.2, 0.25) is 0 Å². The maximum absolute atomic E-state index is 12.8. The molecule has 2 heterocycles. The summed E-state index contributed by atoms with van der Waals surface area (Å²) in [4.78, 5) is 25.8. The van der Waals surface area contributed by atoms with Gasteiger partial charge in [-0.15, -0.1) is 0 Å². The molecule has 0 spiro atoms. The van der Waals surface area contributed by atoms with Gasteiger partial charge in [-0.25, -0.2) is 4.98 Å². The van der Waals surface area contributed by atoms with Gasteiger partial charge in [0.15, 0.2) is 0 Å². The lowest BCUT2D eigenvalue weighted by Crippen LogP contribution is -2.51. The van der Waals surface area contributed by atoms with Crippen molar-refractivity contribution in [3.05, 3.63) is 36.2 Å². The molecule has 6 nitrogen and oxygen atoms in total. The number of likely N-dealkylation sites (N-methyl/N-ethyl adjacent to an activating group) is 1. The van der Waals surface area contributed by atoms with Gasteiger partial charge in [0.25, 0.3) is 0 Å². The van der Waals surface area contributed by atoms with Crippen molar-refractivity contribution in [1.29, 1.82) is 0 Å². The molecule has 1 atom stereocenters. The van der Waals surface area contributed by atoms with E-state index in [1.807, 2.05) is 31.3 Å². The Kier molecular flexibility index (Phi) is 5.37. The third-order valence-electron chi connectivity index (χ3n) is 4.43. The molecule has 1 aliphatic heterocycles. The van der Waals surface area contributed by atoms with Crippen LogP contribution in [0.15, 0.2) is 30.5 Å². The highest BCUT2D eigenvalue weighted by Crippen LogP contribution is 2.13. The molecule has 1 unspecified atom stereocenters. The Balaban J connectivity index is 1.69. The summed E-state index contributed by atoms with van der Waals surface area (Å²) >= 11 is 0. The van der Waals surface area contributed by atoms with E-state index >= 15 is 0 Å². The van der Waals surface area contributed by atoms with Crippen molar-refractivity contribution in [3.8, 4) is 0 Å². The molecule has 1 amide bonds. The van der Waals surface area contributed by atoms with Crippen LogP contribution in [0.1, 0.15) is 19.0 Å². The van der Waals surface area contributed by atoms with Gasteiger partial charge in [0.1, 0.15) is 0 Å². The number of rotatable bonds is 5. The molecule has 3 rings (SSSR count). The second-order valence-corrected chi connectivity index (χ2v) is 6.12. The number of carbonyl (C=O) groups is 1. The van der Waals surface area contributed by atoms with Gasteiger partial charge in [-0.1, -0.05) is 19.1 Å². The molecule has 0 bridgehead atoms. The van der Waals surface area contributed by atoms with E-state index in [1.54, 1.807) is 11.1 Å². The largest absolute Gasteiger partial charge is 0.379 e. The highest BCUT2D eigenvalue weighted by molar-refractivity contribution is 5.81. The molecule has 1 saturated heterocycles. The fourth-order valence-electron chi connectivity index (χ4n) is 3.13. The van der Waals surface area contributed by atoms with E-state index in [-0.39, 0.29) is 11.9 Å². The summed E-state index contributed by atoms with van der Waals surface area (Å²) in [6.45, 7) is 5.55. The first-order valence-corrected chi connectivity index (χ1v) is 8.46. The maximum atomic E-state index is 12.8. The summed E-state index contributed by atoms with van der Waals surface area (Å²) in [5.41, 5.74) is 2.53. The SMILES string of the molecule is CCC(C(=O)N(C)Cc1cnc2ccccc2n1)N1CCOCC1. The summed E-state index contributed by atoms with van der Waals surface area (Å²) in [6.07, 6.45) is 2.55. The fraction of sp³-hybridized carbons (Fsp3) is 0.500. The molecular weight excluding hydrogens is 304 g/mol. The van der Waals surface area contributed by atoms with Crippen LogP contribution in [0.5, 0.6) is 0 Å². The van der Waals surface area contributed by atoms with E-state index in [0.717, 1.165) is 36.2 Å². The molecular formula is C18H24N4O2. The zero-order chi connectivity index (χ0) is 16.9. The minimum absolute atomic E-state index is 0.0904. The van der Waals surface area contributed by atoms with Crippen LogP contribution >= 0.6 is 0 Å². The van der Waals surface area contributed by atoms with E-state index in [4.69, 9.17) is 4.74 Å². The number of nitrogens with zero attached hydrogens (tertiary/aromatic N) is 4. The monoisotopic (exact) mass is 328 g/mol. The van der Waals surface area contributed by atoms with Gasteiger partial charge in [0, 0.05) is 20.1 Å². The Morgan fingerprint density at radius 2 is 2.00 bits per heavy atom. The molecule has 0 saturated carbocycles. The zero-order valence-electron chi connectivity index (χ0n) is 14.3. The molecule has 1 aromatic carbocycles. The Bertz CT molecular complexity index is 700. The molecule has 1 aliphatic rings. The van der Waals surface area contributed by atoms with Gasteiger partial charge in [-0.2, -0.15) is 0 Å². The fourth-order valence-corrected chi connectivity index (χ4v) is 3.13. The van der Waals surface area contributed by atoms with Gasteiger partial charge in [-0.05, 0) is 18.6 Å². The van der Waals surface area contributed by atoms with Crippen LogP contribution in [0.25, 0.3) is 11.0 Å². The lowest BCUT2D eigenvalue weighted by molar-refractivity contribution is -0.138. The molecule has 1 aromatic heterocycles. The molecule has 24 heavy (non-hydrogen) atoms. The van der Waals surface area contributed by atoms with Crippen molar-refractivity contribution in [2.75, 3.05) is 33.4 Å². The van der Waals surface area contributed by atoms with E-state index < -0.39 is 0 Å². The van der Waals surface area contributed by atoms with Crippen molar-refractivity contribution >= 4 is 16.9 Å². The average Bonchev–Trinajstić information content (AvgIpc) is 2.63. The van der Waals surface area contributed by atoms with Crippen LogP contribution in [0, 0.1) is 0 Å². The van der Waals surface area contributed by atoms with Crippen molar-refractivity contribution in [3.63, 3.8) is 0 Å². The highest BCUT2D eigenvalue weighted by Gasteiger charge is 2.28. The lowest BCUT2D eigenvalue weighted by atomic mass is 10.1. The normalized spacial score (nSPS) is 16.9. The van der Waals surface area contributed by atoms with Crippen LogP contribution < -0.4 is 0 Å². The predicted molar refractivity (Wildman–Crippen MR) is 92.5 cm³/mol. The number of para-hydroxylation sites is 2. The lowest BCUT2D eigenvalue weighted by Gasteiger charge is -2.35. The average molecular weight is 328 g/mol. The van der Waals surface area contributed by atoms with Crippen molar-refractivity contribution in [1.82, 2.24) is 19.8 Å². The van der Waals surface area contributed by atoms with Crippen LogP contribution in [0.4, 0.5) is 0 Å². The van der Waals surface area contributed by atoms with Crippen LogP contribution in [-0.2, 0) is 16.1 Å². The van der Waals surface area contributed by atoms with Gasteiger partial charge in [-0.3, -0.25) is 14.7 Å². The third-order valence-corrected chi connectivity index (χ3v) is 4.43. The van der Waals surface area contributed by atoms with Crippen LogP contribution in [0.3, 0.4) is 0 Å². The molecule has 0 radical (unpaired) electrons. The number of hydrogen-bond acceptors (Lipinski definition) is 5. The summed E-state index contributed by atoms with van der Waals surface area (Å²) < 4.78 is 5.39. The van der Waals surface area contributed by atoms with E-state index in [9.17, 15) is 4.79 Å². The first-order chi connectivity index (χ1) is 11.7. The minimum atomic E-state index is -0.0904. The number of ether oxygens (including phenoxy) is 1.